The van der Waals surface area contributed by atoms with Crippen LogP contribution >= 0.6 is 82.6 Å². The first kappa shape index (κ1) is 29.1. The molecular weight excluding hydrogens is 676 g/mol. The molecule has 0 aliphatic heterocycles. The van der Waals surface area contributed by atoms with Crippen LogP contribution in [0.15, 0.2) is 50.2 Å². The maximum absolute atomic E-state index is 10.9. The van der Waals surface area contributed by atoms with Gasteiger partial charge in [0.25, 0.3) is 0 Å². The lowest BCUT2D eigenvalue weighted by molar-refractivity contribution is 0.101. The average molecular weight is 691 g/mol. The van der Waals surface area contributed by atoms with E-state index in [4.69, 9.17) is 39.9 Å². The van der Waals surface area contributed by atoms with Gasteiger partial charge in [-0.3, -0.25) is 9.59 Å². The van der Waals surface area contributed by atoms with Crippen molar-refractivity contribution in [2.75, 3.05) is 0 Å². The molecule has 1 N–H and O–H groups in total. The Kier molecular flexibility index (Phi) is 13.0. The van der Waals surface area contributed by atoms with Crippen molar-refractivity contribution in [1.82, 2.24) is 15.0 Å². The van der Waals surface area contributed by atoms with Gasteiger partial charge in [-0.05, 0) is 91.1 Å². The first-order valence-electron chi connectivity index (χ1n) is 8.56. The molecule has 3 aromatic heterocycles. The Morgan fingerprint density at radius 2 is 1.34 bits per heavy atom. The van der Waals surface area contributed by atoms with Gasteiger partial charge >= 0.3 is 0 Å². The van der Waals surface area contributed by atoms with Crippen LogP contribution in [0.4, 0.5) is 0 Å². The Labute approximate surface area is 225 Å². The lowest BCUT2D eigenvalue weighted by Gasteiger charge is -2.05. The number of aromatic nitrogens is 3. The second-order valence-electron chi connectivity index (χ2n) is 5.82. The lowest BCUT2D eigenvalue weighted by atomic mass is 10.2. The summed E-state index contributed by atoms with van der Waals surface area (Å²) >= 11 is 26.5. The number of halogens is 6. The molecule has 0 radical (unpaired) electrons. The number of aliphatic hydroxyl groups is 1. The molecule has 6 nitrogen and oxygen atoms in total. The van der Waals surface area contributed by atoms with Crippen molar-refractivity contribution in [2.45, 2.75) is 20.0 Å². The molecule has 170 valence electrons. The molecule has 0 amide bonds. The van der Waals surface area contributed by atoms with E-state index in [0.717, 1.165) is 0 Å². The van der Waals surface area contributed by atoms with Gasteiger partial charge in [-0.15, -0.1) is 0 Å². The molecule has 0 saturated heterocycles. The van der Waals surface area contributed by atoms with Crippen LogP contribution in [-0.4, -0.2) is 32.1 Å². The number of rotatable bonds is 3. The number of aliphatic hydroxyl groups excluding tert-OH is 1. The SMILES string of the molecule is CC(=O)c1nc(Br)ccc1Cl.CC(O)c1nc(Br)ccc1Cl.O=Cc1nc(Br)ccc1Cl. The number of nitrogens with zero attached hydrogens (tertiary/aromatic N) is 3. The number of Topliss-reactive ketones (excluding diaryl/α,β-unsaturated/α-hetero) is 1. The largest absolute Gasteiger partial charge is 0.387 e. The normalized spacial score (nSPS) is 10.8. The molecule has 0 saturated carbocycles. The standard InChI is InChI=1S/C7H7BrClNO.C7H5BrClNO.C6H3BrClNO/c2*1-4(11)7-5(9)2-3-6(8)10-7;7-6-2-1-4(8)5(3-10)9-6/h2-4,11H,1H3;2-3H,1H3;1-3H. The molecule has 0 bridgehead atoms. The highest BCUT2D eigenvalue weighted by molar-refractivity contribution is 9.11. The van der Waals surface area contributed by atoms with Gasteiger partial charge in [0.05, 0.1) is 26.9 Å². The minimum absolute atomic E-state index is 0.128. The lowest BCUT2D eigenvalue weighted by Crippen LogP contribution is -1.97. The van der Waals surface area contributed by atoms with E-state index in [0.29, 0.717) is 46.6 Å². The fraction of sp³-hybridized carbons (Fsp3) is 0.150. The monoisotopic (exact) mass is 687 g/mol. The van der Waals surface area contributed by atoms with E-state index in [-0.39, 0.29) is 11.5 Å². The number of ketones is 1. The zero-order valence-electron chi connectivity index (χ0n) is 16.5. The molecule has 1 unspecified atom stereocenters. The van der Waals surface area contributed by atoms with E-state index in [2.05, 4.69) is 62.7 Å². The van der Waals surface area contributed by atoms with Gasteiger partial charge in [0, 0.05) is 6.92 Å². The maximum atomic E-state index is 10.9. The van der Waals surface area contributed by atoms with Gasteiger partial charge in [-0.2, -0.15) is 0 Å². The van der Waals surface area contributed by atoms with Crippen LogP contribution in [0, 0.1) is 0 Å². The highest BCUT2D eigenvalue weighted by Crippen LogP contribution is 2.22. The van der Waals surface area contributed by atoms with E-state index < -0.39 is 6.10 Å². The molecule has 0 fully saturated rings. The molecule has 0 aromatic carbocycles. The van der Waals surface area contributed by atoms with Crippen molar-refractivity contribution in [1.29, 1.82) is 0 Å². The topological polar surface area (TPSA) is 93.0 Å². The second-order valence-corrected chi connectivity index (χ2v) is 9.48. The summed E-state index contributed by atoms with van der Waals surface area (Å²) in [5, 5.41) is 10.4. The maximum Gasteiger partial charge on any atom is 0.179 e. The van der Waals surface area contributed by atoms with Crippen molar-refractivity contribution >= 4 is 94.7 Å². The average Bonchev–Trinajstić information content (AvgIpc) is 2.74. The predicted molar refractivity (Wildman–Crippen MR) is 137 cm³/mol. The zero-order valence-corrected chi connectivity index (χ0v) is 23.5. The fourth-order valence-electron chi connectivity index (χ4n) is 1.91. The van der Waals surface area contributed by atoms with Crippen LogP contribution in [0.5, 0.6) is 0 Å². The Bertz CT molecular complexity index is 1100. The Hall–Kier alpha value is -0.940. The van der Waals surface area contributed by atoms with Crippen LogP contribution < -0.4 is 0 Å². The molecule has 0 spiro atoms. The molecule has 32 heavy (non-hydrogen) atoms. The Morgan fingerprint density at radius 3 is 1.75 bits per heavy atom. The summed E-state index contributed by atoms with van der Waals surface area (Å²) in [6.45, 7) is 3.06. The summed E-state index contributed by atoms with van der Waals surface area (Å²) < 4.78 is 1.91. The summed E-state index contributed by atoms with van der Waals surface area (Å²) in [6.07, 6.45) is -0.00685. The van der Waals surface area contributed by atoms with Gasteiger partial charge < -0.3 is 5.11 Å². The molecule has 1 atom stereocenters. The van der Waals surface area contributed by atoms with Crippen LogP contribution in [0.3, 0.4) is 0 Å². The van der Waals surface area contributed by atoms with Crippen molar-refractivity contribution in [3.05, 3.63) is 82.4 Å². The summed E-state index contributed by atoms with van der Waals surface area (Å²) in [7, 11) is 0. The minimum atomic E-state index is -0.625. The van der Waals surface area contributed by atoms with Crippen molar-refractivity contribution in [3.8, 4) is 0 Å². The molecule has 3 aromatic rings. The third-order valence-electron chi connectivity index (χ3n) is 3.33. The van der Waals surface area contributed by atoms with E-state index >= 15 is 0 Å². The van der Waals surface area contributed by atoms with Crippen LogP contribution in [-0.2, 0) is 0 Å². The van der Waals surface area contributed by atoms with Gasteiger partial charge in [0.15, 0.2) is 12.1 Å². The summed E-state index contributed by atoms with van der Waals surface area (Å²) in [5.41, 5.74) is 1.07. The number of hydrogen-bond donors (Lipinski definition) is 1. The van der Waals surface area contributed by atoms with Crippen molar-refractivity contribution < 1.29 is 14.7 Å². The molecule has 3 rings (SSSR count). The first-order chi connectivity index (χ1) is 15.0. The summed E-state index contributed by atoms with van der Waals surface area (Å²) in [5.74, 6) is -0.128. The molecule has 12 heteroatoms. The van der Waals surface area contributed by atoms with E-state index in [1.165, 1.54) is 6.92 Å². The summed E-state index contributed by atoms with van der Waals surface area (Å²) in [4.78, 5) is 32.8. The van der Waals surface area contributed by atoms with E-state index in [1.54, 1.807) is 43.3 Å². The predicted octanol–water partition coefficient (Wildman–Crippen LogP) is 7.56. The highest BCUT2D eigenvalue weighted by Gasteiger charge is 2.08. The first-order valence-corrected chi connectivity index (χ1v) is 12.1. The van der Waals surface area contributed by atoms with Crippen molar-refractivity contribution in [2.24, 2.45) is 0 Å². The number of hydrogen-bond acceptors (Lipinski definition) is 6. The molecular formula is C20H15Br3Cl3N3O3. The number of aldehydes is 1. The Balaban J connectivity index is 0.000000240. The van der Waals surface area contributed by atoms with Crippen molar-refractivity contribution in [3.63, 3.8) is 0 Å². The third-order valence-corrected chi connectivity index (χ3v) is 5.60. The van der Waals surface area contributed by atoms with Gasteiger partial charge in [-0.25, -0.2) is 15.0 Å². The van der Waals surface area contributed by atoms with Gasteiger partial charge in [-0.1, -0.05) is 34.8 Å². The fourth-order valence-corrected chi connectivity index (χ4v) is 3.51. The quantitative estimate of drug-likeness (QED) is 0.173. The number of pyridine rings is 3. The highest BCUT2D eigenvalue weighted by atomic mass is 79.9. The summed E-state index contributed by atoms with van der Waals surface area (Å²) in [6, 6.07) is 10.0. The van der Waals surface area contributed by atoms with Gasteiger partial charge in [0.2, 0.25) is 0 Å². The minimum Gasteiger partial charge on any atom is -0.387 e. The van der Waals surface area contributed by atoms with Crippen LogP contribution in [0.25, 0.3) is 0 Å². The number of carbonyl (C=O) groups is 2. The molecule has 0 aliphatic carbocycles. The number of carbonyl (C=O) groups excluding carboxylic acids is 2. The zero-order chi connectivity index (χ0) is 24.4. The van der Waals surface area contributed by atoms with E-state index in [1.807, 2.05) is 0 Å². The van der Waals surface area contributed by atoms with Gasteiger partial charge in [0.1, 0.15) is 25.2 Å². The molecule has 3 heterocycles. The van der Waals surface area contributed by atoms with Crippen LogP contribution in [0.2, 0.25) is 15.1 Å². The Morgan fingerprint density at radius 1 is 0.875 bits per heavy atom. The second kappa shape index (κ2) is 14.3. The molecule has 0 aliphatic rings. The third kappa shape index (κ3) is 9.91. The van der Waals surface area contributed by atoms with E-state index in [9.17, 15) is 9.59 Å². The van der Waals surface area contributed by atoms with Crippen LogP contribution in [0.1, 0.15) is 46.6 Å². The smallest absolute Gasteiger partial charge is 0.179 e.